The molecule has 0 aromatic heterocycles. The van der Waals surface area contributed by atoms with Crippen LogP contribution >= 0.6 is 0 Å². The molecule has 17 heteroatoms. The van der Waals surface area contributed by atoms with Crippen LogP contribution in [0.1, 0.15) is 52.5 Å². The molecule has 0 unspecified atom stereocenters. The molecule has 1 aliphatic rings. The normalized spacial score (nSPS) is 20.6. The smallest absolute Gasteiger partial charge is 0.408 e. The largest absolute Gasteiger partial charge is 0.463 e. The van der Waals surface area contributed by atoms with Gasteiger partial charge in [-0.2, -0.15) is 0 Å². The number of hydrogen-bond acceptors (Lipinski definition) is 13. The van der Waals surface area contributed by atoms with Gasteiger partial charge in [0, 0.05) is 48.3 Å². The molecular formula is C31H44N4O13. The highest BCUT2D eigenvalue weighted by Crippen LogP contribution is 2.28. The van der Waals surface area contributed by atoms with E-state index in [-0.39, 0.29) is 25.5 Å². The summed E-state index contributed by atoms with van der Waals surface area (Å²) < 4.78 is 32.1. The summed E-state index contributed by atoms with van der Waals surface area (Å²) in [5, 5.41) is 7.70. The first-order chi connectivity index (χ1) is 22.7. The van der Waals surface area contributed by atoms with Gasteiger partial charge in [-0.15, -0.1) is 0 Å². The second-order valence-electron chi connectivity index (χ2n) is 11.0. The highest BCUT2D eigenvalue weighted by Gasteiger charge is 2.52. The van der Waals surface area contributed by atoms with Gasteiger partial charge in [-0.05, 0) is 24.8 Å². The van der Waals surface area contributed by atoms with Crippen molar-refractivity contribution in [3.05, 3.63) is 35.9 Å². The van der Waals surface area contributed by atoms with Crippen molar-refractivity contribution in [2.24, 2.45) is 0 Å². The van der Waals surface area contributed by atoms with E-state index < -0.39 is 79.3 Å². The highest BCUT2D eigenvalue weighted by molar-refractivity contribution is 5.85. The van der Waals surface area contributed by atoms with E-state index in [4.69, 9.17) is 28.4 Å². The molecule has 0 spiro atoms. The minimum atomic E-state index is -1.46. The highest BCUT2D eigenvalue weighted by atomic mass is 16.7. The number of ether oxygens (including phenoxy) is 6. The molecule has 0 radical (unpaired) electrons. The summed E-state index contributed by atoms with van der Waals surface area (Å²) in [5.41, 5.74) is 0.788. The van der Waals surface area contributed by atoms with Crippen molar-refractivity contribution in [2.45, 2.75) is 90.2 Å². The van der Waals surface area contributed by atoms with Crippen molar-refractivity contribution in [1.29, 1.82) is 0 Å². The molecule has 1 aromatic rings. The Bertz CT molecular complexity index is 1280. The molecule has 2 rings (SSSR count). The van der Waals surface area contributed by atoms with Crippen molar-refractivity contribution in [1.82, 2.24) is 20.9 Å². The number of nitrogens with zero attached hydrogens (tertiary/aromatic N) is 1. The minimum absolute atomic E-state index is 0.0358. The van der Waals surface area contributed by atoms with E-state index in [0.29, 0.717) is 12.8 Å². The number of carbonyl (C=O) groups excluding carboxylic acids is 7. The Morgan fingerprint density at radius 2 is 1.40 bits per heavy atom. The number of hydrogen-bond donors (Lipinski definition) is 3. The second kappa shape index (κ2) is 19.7. The van der Waals surface area contributed by atoms with Gasteiger partial charge in [0.05, 0.1) is 0 Å². The first-order valence-corrected chi connectivity index (χ1v) is 15.2. The lowest BCUT2D eigenvalue weighted by atomic mass is 9.97. The van der Waals surface area contributed by atoms with Crippen molar-refractivity contribution in [3.63, 3.8) is 0 Å². The van der Waals surface area contributed by atoms with Crippen LogP contribution in [0.4, 0.5) is 9.59 Å². The minimum Gasteiger partial charge on any atom is -0.463 e. The molecule has 1 aromatic carbocycles. The number of alkyl carbamates (subject to hydrolysis) is 1. The average Bonchev–Trinajstić information content (AvgIpc) is 3.00. The molecule has 0 bridgehead atoms. The maximum atomic E-state index is 12.9. The lowest BCUT2D eigenvalue weighted by Crippen LogP contribution is -2.66. The number of nitrogens with one attached hydrogen (secondary N) is 3. The fourth-order valence-electron chi connectivity index (χ4n) is 4.68. The van der Waals surface area contributed by atoms with Crippen LogP contribution in [0.25, 0.3) is 0 Å². The van der Waals surface area contributed by atoms with Gasteiger partial charge in [0.15, 0.2) is 24.5 Å². The Labute approximate surface area is 278 Å². The van der Waals surface area contributed by atoms with Crippen molar-refractivity contribution < 1.29 is 62.0 Å². The van der Waals surface area contributed by atoms with Gasteiger partial charge >= 0.3 is 36.0 Å². The molecule has 1 saturated heterocycles. The van der Waals surface area contributed by atoms with Crippen molar-refractivity contribution in [2.75, 3.05) is 27.2 Å². The number of esters is 4. The van der Waals surface area contributed by atoms with E-state index in [1.165, 1.54) is 4.90 Å². The molecule has 1 heterocycles. The Hall–Kier alpha value is -4.93. The number of urea groups is 1. The van der Waals surface area contributed by atoms with Crippen molar-refractivity contribution >= 4 is 41.9 Å². The number of likely N-dealkylation sites (N-methyl/N-ethyl adjacent to an activating group) is 1. The summed E-state index contributed by atoms with van der Waals surface area (Å²) in [6.07, 6.45) is -6.60. The van der Waals surface area contributed by atoms with Gasteiger partial charge in [0.1, 0.15) is 25.4 Å². The van der Waals surface area contributed by atoms with Crippen LogP contribution in [0.5, 0.6) is 0 Å². The van der Waals surface area contributed by atoms with Gasteiger partial charge in [0.2, 0.25) is 5.91 Å². The van der Waals surface area contributed by atoms with E-state index >= 15 is 0 Å². The SMILES string of the molecule is CC(=O)OC[C@H]1O[C@@H](NC(=O)NCCCC[C@H](NC(=O)OCc2ccccc2)C(=O)N(C)C)[C@H](OC(C)=O)[C@@H](OC(C)=O)[C@@H]1OC(C)=O. The van der Waals surface area contributed by atoms with E-state index in [0.717, 1.165) is 33.3 Å². The maximum absolute atomic E-state index is 12.9. The lowest BCUT2D eigenvalue weighted by Gasteiger charge is -2.44. The van der Waals surface area contributed by atoms with Crippen LogP contribution < -0.4 is 16.0 Å². The Balaban J connectivity index is 2.02. The van der Waals surface area contributed by atoms with E-state index in [1.807, 2.05) is 18.2 Å². The molecule has 3 N–H and O–H groups in total. The van der Waals surface area contributed by atoms with Gasteiger partial charge in [-0.25, -0.2) is 9.59 Å². The quantitative estimate of drug-likeness (QED) is 0.134. The zero-order chi connectivity index (χ0) is 35.8. The molecule has 0 aliphatic carbocycles. The Morgan fingerprint density at radius 1 is 0.792 bits per heavy atom. The van der Waals surface area contributed by atoms with E-state index in [1.54, 1.807) is 26.2 Å². The molecule has 0 saturated carbocycles. The molecule has 266 valence electrons. The Kier molecular flexibility index (Phi) is 16.1. The third-order valence-electron chi connectivity index (χ3n) is 6.71. The molecule has 17 nitrogen and oxygen atoms in total. The standard InChI is InChI=1S/C31H44N4O13/c1-18(36)43-17-24-25(45-19(2)37)26(46-20(3)38)27(47-21(4)39)28(48-24)34-30(41)32-15-11-10-14-23(29(40)35(5)6)33-31(42)44-16-22-12-8-7-9-13-22/h7-9,12-13,23-28H,10-11,14-17H2,1-6H3,(H,33,42)(H2,32,34,41)/t23-,24+,25+,26-,27+,28+/m0/s1. The summed E-state index contributed by atoms with van der Waals surface area (Å²) >= 11 is 0. The fourth-order valence-corrected chi connectivity index (χ4v) is 4.68. The van der Waals surface area contributed by atoms with Crippen LogP contribution in [-0.4, -0.2) is 111 Å². The molecule has 6 atom stereocenters. The van der Waals surface area contributed by atoms with Gasteiger partial charge in [-0.1, -0.05) is 30.3 Å². The van der Waals surface area contributed by atoms with Gasteiger partial charge in [0.25, 0.3) is 0 Å². The number of carbonyl (C=O) groups is 7. The number of amides is 4. The fraction of sp³-hybridized carbons (Fsp3) is 0.581. The second-order valence-corrected chi connectivity index (χ2v) is 11.0. The summed E-state index contributed by atoms with van der Waals surface area (Å²) in [5.74, 6) is -3.42. The summed E-state index contributed by atoms with van der Waals surface area (Å²) in [4.78, 5) is 86.6. The van der Waals surface area contributed by atoms with Gasteiger partial charge < -0.3 is 49.3 Å². The molecular weight excluding hydrogens is 636 g/mol. The molecule has 1 aliphatic heterocycles. The van der Waals surface area contributed by atoms with Crippen LogP contribution in [0, 0.1) is 0 Å². The number of rotatable bonds is 15. The van der Waals surface area contributed by atoms with Gasteiger partial charge in [-0.3, -0.25) is 24.0 Å². The maximum Gasteiger partial charge on any atom is 0.408 e. The summed E-state index contributed by atoms with van der Waals surface area (Å²) in [7, 11) is 3.12. The Morgan fingerprint density at radius 3 is 1.98 bits per heavy atom. The first-order valence-electron chi connectivity index (χ1n) is 15.2. The predicted octanol–water partition coefficient (Wildman–Crippen LogP) is 0.922. The van der Waals surface area contributed by atoms with E-state index in [9.17, 15) is 33.6 Å². The molecule has 48 heavy (non-hydrogen) atoms. The summed E-state index contributed by atoms with van der Waals surface area (Å²) in [6.45, 7) is 4.12. The first kappa shape index (κ1) is 39.2. The monoisotopic (exact) mass is 680 g/mol. The van der Waals surface area contributed by atoms with Crippen LogP contribution in [0.15, 0.2) is 30.3 Å². The third-order valence-corrected chi connectivity index (χ3v) is 6.71. The van der Waals surface area contributed by atoms with Crippen LogP contribution in [0.3, 0.4) is 0 Å². The molecule has 4 amide bonds. The third kappa shape index (κ3) is 13.8. The number of benzene rings is 1. The lowest BCUT2D eigenvalue weighted by molar-refractivity contribution is -0.255. The summed E-state index contributed by atoms with van der Waals surface area (Å²) in [6, 6.07) is 7.43. The number of unbranched alkanes of at least 4 members (excludes halogenated alkanes) is 1. The van der Waals surface area contributed by atoms with Crippen LogP contribution in [0.2, 0.25) is 0 Å². The topological polar surface area (TPSA) is 214 Å². The van der Waals surface area contributed by atoms with Crippen molar-refractivity contribution in [3.8, 4) is 0 Å². The zero-order valence-corrected chi connectivity index (χ0v) is 27.8. The van der Waals surface area contributed by atoms with Crippen LogP contribution in [-0.2, 0) is 59.0 Å². The predicted molar refractivity (Wildman–Crippen MR) is 165 cm³/mol. The average molecular weight is 681 g/mol. The molecule has 1 fully saturated rings. The zero-order valence-electron chi connectivity index (χ0n) is 27.8. The van der Waals surface area contributed by atoms with E-state index in [2.05, 4.69) is 16.0 Å².